The Balaban J connectivity index is 1.81. The second-order valence-corrected chi connectivity index (χ2v) is 6.71. The summed E-state index contributed by atoms with van der Waals surface area (Å²) in [7, 11) is 0. The molecule has 2 atom stereocenters. The van der Waals surface area contributed by atoms with Crippen LogP contribution >= 0.6 is 23.4 Å². The highest BCUT2D eigenvalue weighted by atomic mass is 35.5. The second-order valence-electron chi connectivity index (χ2n) is 5.08. The molecule has 0 aromatic rings. The number of unbranched alkanes of at least 4 members (excludes halogenated alkanes) is 7. The van der Waals surface area contributed by atoms with Crippen molar-refractivity contribution in [3.63, 3.8) is 0 Å². The normalized spacial score (nSPS) is 25.1. The van der Waals surface area contributed by atoms with E-state index in [4.69, 9.17) is 11.6 Å². The van der Waals surface area contributed by atoms with E-state index in [2.05, 4.69) is 6.92 Å². The minimum Gasteiger partial charge on any atom is -0.160 e. The lowest BCUT2D eigenvalue weighted by Crippen LogP contribution is -2.11. The Kier molecular flexibility index (Phi) is 8.86. The van der Waals surface area contributed by atoms with Gasteiger partial charge in [0, 0.05) is 11.1 Å². The molecule has 2 unspecified atom stereocenters. The maximum absolute atomic E-state index is 6.25. The van der Waals surface area contributed by atoms with Gasteiger partial charge in [0.25, 0.3) is 0 Å². The summed E-state index contributed by atoms with van der Waals surface area (Å²) in [5.74, 6) is 3.31. The largest absolute Gasteiger partial charge is 0.160 e. The van der Waals surface area contributed by atoms with E-state index in [1.165, 1.54) is 69.3 Å². The third kappa shape index (κ3) is 6.39. The summed E-state index contributed by atoms with van der Waals surface area (Å²) in [6.07, 6.45) is 12.8. The van der Waals surface area contributed by atoms with Gasteiger partial charge in [0.1, 0.15) is 0 Å². The fourth-order valence-electron chi connectivity index (χ4n) is 2.38. The Morgan fingerprint density at radius 3 is 2.12 bits per heavy atom. The van der Waals surface area contributed by atoms with Crippen LogP contribution in [0.3, 0.4) is 0 Å². The number of thioether (sulfide) groups is 1. The van der Waals surface area contributed by atoms with Crippen LogP contribution in [0.4, 0.5) is 0 Å². The third-order valence-corrected chi connectivity index (χ3v) is 5.50. The molecule has 0 N–H and O–H groups in total. The predicted octanol–water partition coefficient (Wildman–Crippen LogP) is 5.49. The molecule has 0 aromatic heterocycles. The number of hydrogen-bond acceptors (Lipinski definition) is 1. The monoisotopic (exact) mass is 262 g/mol. The Morgan fingerprint density at radius 2 is 1.56 bits per heavy atom. The van der Waals surface area contributed by atoms with Gasteiger partial charge >= 0.3 is 0 Å². The lowest BCUT2D eigenvalue weighted by atomic mass is 9.99. The molecule has 2 heteroatoms. The Hall–Kier alpha value is 0.640. The highest BCUT2D eigenvalue weighted by molar-refractivity contribution is 7.99. The summed E-state index contributed by atoms with van der Waals surface area (Å²) in [5.41, 5.74) is 0. The van der Waals surface area contributed by atoms with Crippen molar-refractivity contribution in [3.8, 4) is 0 Å². The van der Waals surface area contributed by atoms with Gasteiger partial charge in [-0.1, -0.05) is 58.3 Å². The summed E-state index contributed by atoms with van der Waals surface area (Å²) in [5, 5.41) is 0.467. The summed E-state index contributed by atoms with van der Waals surface area (Å²) < 4.78 is 0. The average Bonchev–Trinajstić information content (AvgIpc) is 2.68. The Bertz CT molecular complexity index is 161. The molecule has 1 saturated heterocycles. The van der Waals surface area contributed by atoms with Gasteiger partial charge in [0.05, 0.1) is 0 Å². The van der Waals surface area contributed by atoms with Crippen molar-refractivity contribution in [2.45, 2.75) is 70.1 Å². The lowest BCUT2D eigenvalue weighted by Gasteiger charge is -2.11. The standard InChI is InChI=1S/C14H27ClS/c1-2-3-4-5-6-7-8-9-10-13-11-16-12-14(13)15/h13-14H,2-12H2,1H3. The van der Waals surface area contributed by atoms with Gasteiger partial charge in [-0.25, -0.2) is 0 Å². The zero-order valence-corrected chi connectivity index (χ0v) is 12.3. The highest BCUT2D eigenvalue weighted by Gasteiger charge is 2.24. The molecule has 0 bridgehead atoms. The van der Waals surface area contributed by atoms with Crippen LogP contribution in [0.25, 0.3) is 0 Å². The smallest absolute Gasteiger partial charge is 0.0462 e. The van der Waals surface area contributed by atoms with E-state index in [0.29, 0.717) is 5.38 Å². The fraction of sp³-hybridized carbons (Fsp3) is 1.00. The van der Waals surface area contributed by atoms with E-state index in [1.807, 2.05) is 11.8 Å². The summed E-state index contributed by atoms with van der Waals surface area (Å²) in [6.45, 7) is 2.28. The quantitative estimate of drug-likeness (QED) is 0.391. The Labute approximate surface area is 111 Å². The van der Waals surface area contributed by atoms with Crippen LogP contribution in [0.5, 0.6) is 0 Å². The van der Waals surface area contributed by atoms with Gasteiger partial charge in [0.2, 0.25) is 0 Å². The summed E-state index contributed by atoms with van der Waals surface area (Å²) >= 11 is 8.29. The SMILES string of the molecule is CCCCCCCCCCC1CSCC1Cl. The first-order chi connectivity index (χ1) is 7.84. The molecule has 0 aliphatic carbocycles. The topological polar surface area (TPSA) is 0 Å². The van der Waals surface area contributed by atoms with Crippen molar-refractivity contribution in [3.05, 3.63) is 0 Å². The van der Waals surface area contributed by atoms with E-state index < -0.39 is 0 Å². The lowest BCUT2D eigenvalue weighted by molar-refractivity contribution is 0.492. The fourth-order valence-corrected chi connectivity index (χ4v) is 4.30. The Morgan fingerprint density at radius 1 is 0.938 bits per heavy atom. The molecule has 16 heavy (non-hydrogen) atoms. The molecular weight excluding hydrogens is 236 g/mol. The number of alkyl halides is 1. The molecule has 0 aromatic carbocycles. The van der Waals surface area contributed by atoms with Gasteiger partial charge in [-0.3, -0.25) is 0 Å². The van der Waals surface area contributed by atoms with Crippen molar-refractivity contribution in [1.29, 1.82) is 0 Å². The number of hydrogen-bond donors (Lipinski definition) is 0. The zero-order chi connectivity index (χ0) is 11.6. The van der Waals surface area contributed by atoms with Crippen LogP contribution in [0.15, 0.2) is 0 Å². The molecule has 1 heterocycles. The minimum absolute atomic E-state index is 0.467. The van der Waals surface area contributed by atoms with Crippen molar-refractivity contribution in [2.24, 2.45) is 5.92 Å². The first-order valence-corrected chi connectivity index (χ1v) is 8.65. The van der Waals surface area contributed by atoms with Crippen molar-refractivity contribution in [2.75, 3.05) is 11.5 Å². The minimum atomic E-state index is 0.467. The van der Waals surface area contributed by atoms with Crippen LogP contribution in [0, 0.1) is 5.92 Å². The maximum Gasteiger partial charge on any atom is 0.0462 e. The van der Waals surface area contributed by atoms with E-state index in [9.17, 15) is 0 Å². The molecule has 0 radical (unpaired) electrons. The molecule has 1 aliphatic rings. The average molecular weight is 263 g/mol. The summed E-state index contributed by atoms with van der Waals surface area (Å²) in [4.78, 5) is 0. The van der Waals surface area contributed by atoms with Crippen molar-refractivity contribution >= 4 is 23.4 Å². The molecule has 0 nitrogen and oxygen atoms in total. The van der Waals surface area contributed by atoms with E-state index in [1.54, 1.807) is 0 Å². The van der Waals surface area contributed by atoms with Gasteiger partial charge in [-0.05, 0) is 18.1 Å². The van der Waals surface area contributed by atoms with Crippen LogP contribution in [-0.4, -0.2) is 16.9 Å². The molecule has 0 spiro atoms. The highest BCUT2D eigenvalue weighted by Crippen LogP contribution is 2.32. The number of halogens is 1. The first-order valence-electron chi connectivity index (χ1n) is 7.06. The zero-order valence-electron chi connectivity index (χ0n) is 10.7. The van der Waals surface area contributed by atoms with E-state index >= 15 is 0 Å². The van der Waals surface area contributed by atoms with Gasteiger partial charge in [0.15, 0.2) is 0 Å². The maximum atomic E-state index is 6.25. The van der Waals surface area contributed by atoms with Gasteiger partial charge in [-0.15, -0.1) is 11.6 Å². The van der Waals surface area contributed by atoms with Gasteiger partial charge < -0.3 is 0 Å². The summed E-state index contributed by atoms with van der Waals surface area (Å²) in [6, 6.07) is 0. The van der Waals surface area contributed by atoms with Crippen molar-refractivity contribution in [1.82, 2.24) is 0 Å². The number of rotatable bonds is 9. The van der Waals surface area contributed by atoms with E-state index in [-0.39, 0.29) is 0 Å². The molecule has 0 amide bonds. The third-order valence-electron chi connectivity index (χ3n) is 3.55. The van der Waals surface area contributed by atoms with E-state index in [0.717, 1.165) is 5.92 Å². The molecule has 96 valence electrons. The molecular formula is C14H27ClS. The molecule has 1 fully saturated rings. The van der Waals surface area contributed by atoms with Crippen LogP contribution < -0.4 is 0 Å². The first kappa shape index (κ1) is 14.7. The molecule has 1 aliphatic heterocycles. The van der Waals surface area contributed by atoms with Crippen LogP contribution in [0.1, 0.15) is 64.7 Å². The predicted molar refractivity (Wildman–Crippen MR) is 77.7 cm³/mol. The van der Waals surface area contributed by atoms with Gasteiger partial charge in [-0.2, -0.15) is 11.8 Å². The van der Waals surface area contributed by atoms with Crippen molar-refractivity contribution < 1.29 is 0 Å². The second kappa shape index (κ2) is 9.65. The van der Waals surface area contributed by atoms with Crippen LogP contribution in [0.2, 0.25) is 0 Å². The van der Waals surface area contributed by atoms with Crippen LogP contribution in [-0.2, 0) is 0 Å². The molecule has 0 saturated carbocycles. The molecule has 1 rings (SSSR count).